The summed E-state index contributed by atoms with van der Waals surface area (Å²) in [5.74, 6) is 0.660. The van der Waals surface area contributed by atoms with Crippen LogP contribution in [0.25, 0.3) is 17.0 Å². The number of benzene rings is 1. The van der Waals surface area contributed by atoms with Gasteiger partial charge < -0.3 is 19.5 Å². The van der Waals surface area contributed by atoms with Crippen LogP contribution in [0.4, 0.5) is 11.5 Å². The standard InChI is InChI=1S/C25H27N5O2/c1-18-15-30(16-19(2)32-18)24-10-9-21(14-27-24)28-25(31)11-8-20-17-29(13-5-12-26)23-7-4-3-6-22(20)23/h3-4,6-11,14,17-19H,5,13,15-16H2,1-2H3,(H,28,31)/b11-8+. The van der Waals surface area contributed by atoms with Gasteiger partial charge in [0.15, 0.2) is 0 Å². The molecule has 4 rings (SSSR count). The van der Waals surface area contributed by atoms with E-state index >= 15 is 0 Å². The number of para-hydroxylation sites is 1. The topological polar surface area (TPSA) is 83.2 Å². The number of pyridine rings is 1. The summed E-state index contributed by atoms with van der Waals surface area (Å²) in [6.45, 7) is 6.34. The molecule has 32 heavy (non-hydrogen) atoms. The predicted octanol–water partition coefficient (Wildman–Crippen LogP) is 4.22. The molecule has 2 atom stereocenters. The number of nitrogens with one attached hydrogen (secondary N) is 1. The normalized spacial score (nSPS) is 18.7. The van der Waals surface area contributed by atoms with Crippen LogP contribution in [-0.2, 0) is 16.1 Å². The summed E-state index contributed by atoms with van der Waals surface area (Å²) < 4.78 is 7.82. The summed E-state index contributed by atoms with van der Waals surface area (Å²) in [6, 6.07) is 14.0. The highest BCUT2D eigenvalue weighted by Gasteiger charge is 2.23. The second-order valence-corrected chi connectivity index (χ2v) is 8.09. The van der Waals surface area contributed by atoms with Gasteiger partial charge in [0.25, 0.3) is 0 Å². The summed E-state index contributed by atoms with van der Waals surface area (Å²) in [4.78, 5) is 19.2. The fourth-order valence-electron chi connectivity index (χ4n) is 4.12. The van der Waals surface area contributed by atoms with Gasteiger partial charge in [0, 0.05) is 48.4 Å². The molecule has 7 nitrogen and oxygen atoms in total. The van der Waals surface area contributed by atoms with Crippen LogP contribution >= 0.6 is 0 Å². The van der Waals surface area contributed by atoms with Crippen LogP contribution in [0, 0.1) is 11.3 Å². The Morgan fingerprint density at radius 1 is 1.25 bits per heavy atom. The zero-order valence-electron chi connectivity index (χ0n) is 18.4. The minimum Gasteiger partial charge on any atom is -0.372 e. The maximum absolute atomic E-state index is 12.5. The minimum absolute atomic E-state index is 0.163. The first kappa shape index (κ1) is 21.6. The van der Waals surface area contributed by atoms with Crippen molar-refractivity contribution in [1.82, 2.24) is 9.55 Å². The van der Waals surface area contributed by atoms with Gasteiger partial charge in [-0.25, -0.2) is 4.98 Å². The highest BCUT2D eigenvalue weighted by molar-refractivity contribution is 6.03. The number of aryl methyl sites for hydroxylation is 1. The third-order valence-corrected chi connectivity index (χ3v) is 5.46. The molecule has 2 aromatic heterocycles. The van der Waals surface area contributed by atoms with Crippen molar-refractivity contribution in [2.75, 3.05) is 23.3 Å². The number of fused-ring (bicyclic) bond motifs is 1. The molecule has 2 unspecified atom stereocenters. The van der Waals surface area contributed by atoms with E-state index in [1.165, 1.54) is 6.08 Å². The number of ether oxygens (including phenoxy) is 1. The molecule has 0 radical (unpaired) electrons. The lowest BCUT2D eigenvalue weighted by atomic mass is 10.1. The first-order valence-corrected chi connectivity index (χ1v) is 10.8. The Balaban J connectivity index is 1.42. The third-order valence-electron chi connectivity index (χ3n) is 5.46. The highest BCUT2D eigenvalue weighted by atomic mass is 16.5. The zero-order chi connectivity index (χ0) is 22.5. The van der Waals surface area contributed by atoms with Crippen LogP contribution in [0.3, 0.4) is 0 Å². The van der Waals surface area contributed by atoms with Gasteiger partial charge in [-0.05, 0) is 38.1 Å². The molecule has 1 aromatic carbocycles. The monoisotopic (exact) mass is 429 g/mol. The number of carbonyl (C=O) groups is 1. The molecule has 1 N–H and O–H groups in total. The van der Waals surface area contributed by atoms with Crippen molar-refractivity contribution in [1.29, 1.82) is 5.26 Å². The van der Waals surface area contributed by atoms with Crippen LogP contribution in [0.1, 0.15) is 25.8 Å². The summed E-state index contributed by atoms with van der Waals surface area (Å²) in [6.07, 6.45) is 7.75. The predicted molar refractivity (Wildman–Crippen MR) is 126 cm³/mol. The number of nitrogens with zero attached hydrogens (tertiary/aromatic N) is 4. The first-order chi connectivity index (χ1) is 15.5. The van der Waals surface area contributed by atoms with E-state index in [1.807, 2.05) is 47.2 Å². The van der Waals surface area contributed by atoms with E-state index in [0.29, 0.717) is 18.7 Å². The van der Waals surface area contributed by atoms with Gasteiger partial charge in [0.1, 0.15) is 5.82 Å². The SMILES string of the molecule is CC1CN(c2ccc(NC(=O)/C=C/c3cn(CCC#N)c4ccccc34)cn2)CC(C)O1. The fourth-order valence-corrected chi connectivity index (χ4v) is 4.12. The molecule has 3 aromatic rings. The number of morpholine rings is 1. The molecule has 1 aliphatic rings. The van der Waals surface area contributed by atoms with Gasteiger partial charge in [-0.2, -0.15) is 5.26 Å². The van der Waals surface area contributed by atoms with Crippen molar-refractivity contribution >= 4 is 34.4 Å². The van der Waals surface area contributed by atoms with E-state index in [4.69, 9.17) is 10.00 Å². The minimum atomic E-state index is -0.220. The Morgan fingerprint density at radius 2 is 2.03 bits per heavy atom. The first-order valence-electron chi connectivity index (χ1n) is 10.8. The maximum Gasteiger partial charge on any atom is 0.248 e. The van der Waals surface area contributed by atoms with Crippen molar-refractivity contribution in [3.05, 3.63) is 60.4 Å². The largest absolute Gasteiger partial charge is 0.372 e. The number of aromatic nitrogens is 2. The lowest BCUT2D eigenvalue weighted by Crippen LogP contribution is -2.45. The average Bonchev–Trinajstić information content (AvgIpc) is 3.14. The molecule has 7 heteroatoms. The lowest BCUT2D eigenvalue weighted by Gasteiger charge is -2.36. The smallest absolute Gasteiger partial charge is 0.248 e. The Morgan fingerprint density at radius 3 is 2.75 bits per heavy atom. The average molecular weight is 430 g/mol. The van der Waals surface area contributed by atoms with Crippen LogP contribution in [0.15, 0.2) is 54.9 Å². The van der Waals surface area contributed by atoms with Crippen molar-refractivity contribution < 1.29 is 9.53 Å². The van der Waals surface area contributed by atoms with Crippen molar-refractivity contribution in [3.8, 4) is 6.07 Å². The molecule has 1 saturated heterocycles. The highest BCUT2D eigenvalue weighted by Crippen LogP contribution is 2.23. The van der Waals surface area contributed by atoms with E-state index < -0.39 is 0 Å². The van der Waals surface area contributed by atoms with Crippen LogP contribution in [0.5, 0.6) is 0 Å². The third kappa shape index (κ3) is 4.98. The number of nitriles is 1. The van der Waals surface area contributed by atoms with Gasteiger partial charge >= 0.3 is 0 Å². The molecular formula is C25H27N5O2. The van der Waals surface area contributed by atoms with Gasteiger partial charge in [-0.15, -0.1) is 0 Å². The molecule has 0 bridgehead atoms. The lowest BCUT2D eigenvalue weighted by molar-refractivity contribution is -0.111. The second-order valence-electron chi connectivity index (χ2n) is 8.09. The summed E-state index contributed by atoms with van der Waals surface area (Å²) in [7, 11) is 0. The number of rotatable bonds is 6. The molecule has 164 valence electrons. The van der Waals surface area contributed by atoms with Gasteiger partial charge in [0.05, 0.1) is 36.6 Å². The molecule has 0 spiro atoms. The maximum atomic E-state index is 12.5. The zero-order valence-corrected chi connectivity index (χ0v) is 18.4. The van der Waals surface area contributed by atoms with Crippen LogP contribution in [0.2, 0.25) is 0 Å². The van der Waals surface area contributed by atoms with E-state index in [1.54, 1.807) is 12.3 Å². The number of hydrogen-bond acceptors (Lipinski definition) is 5. The second kappa shape index (κ2) is 9.67. The van der Waals surface area contributed by atoms with E-state index in [9.17, 15) is 4.79 Å². The summed E-state index contributed by atoms with van der Waals surface area (Å²) >= 11 is 0. The van der Waals surface area contributed by atoms with Crippen LogP contribution < -0.4 is 10.2 Å². The quantitative estimate of drug-likeness (QED) is 0.594. The molecule has 3 heterocycles. The van der Waals surface area contributed by atoms with Crippen molar-refractivity contribution in [3.63, 3.8) is 0 Å². The molecule has 0 saturated carbocycles. The van der Waals surface area contributed by atoms with Gasteiger partial charge in [-0.3, -0.25) is 4.79 Å². The number of carbonyl (C=O) groups excluding carboxylic acids is 1. The molecule has 1 fully saturated rings. The fraction of sp³-hybridized carbons (Fsp3) is 0.320. The Bertz CT molecular complexity index is 1150. The van der Waals surface area contributed by atoms with E-state index in [0.717, 1.165) is 35.4 Å². The number of anilines is 2. The van der Waals surface area contributed by atoms with E-state index in [2.05, 4.69) is 35.1 Å². The van der Waals surface area contributed by atoms with Gasteiger partial charge in [0.2, 0.25) is 5.91 Å². The van der Waals surface area contributed by atoms with Gasteiger partial charge in [-0.1, -0.05) is 18.2 Å². The molecule has 1 aliphatic heterocycles. The Labute approximate surface area is 187 Å². The molecule has 0 aliphatic carbocycles. The summed E-state index contributed by atoms with van der Waals surface area (Å²) in [5.41, 5.74) is 2.64. The van der Waals surface area contributed by atoms with E-state index in [-0.39, 0.29) is 18.1 Å². The molecular weight excluding hydrogens is 402 g/mol. The van der Waals surface area contributed by atoms with Crippen molar-refractivity contribution in [2.24, 2.45) is 0 Å². The van der Waals surface area contributed by atoms with Crippen molar-refractivity contribution in [2.45, 2.75) is 39.0 Å². The summed E-state index contributed by atoms with van der Waals surface area (Å²) in [5, 5.41) is 12.8. The number of hydrogen-bond donors (Lipinski definition) is 1. The molecule has 1 amide bonds. The Hall–Kier alpha value is -3.63. The number of amides is 1. The Kier molecular flexibility index (Phi) is 6.52. The van der Waals surface area contributed by atoms with Crippen LogP contribution in [-0.4, -0.2) is 40.8 Å².